The van der Waals surface area contributed by atoms with Gasteiger partial charge in [0.25, 0.3) is 0 Å². The summed E-state index contributed by atoms with van der Waals surface area (Å²) in [7, 11) is 0. The second kappa shape index (κ2) is 10.7. The van der Waals surface area contributed by atoms with E-state index in [0.717, 1.165) is 0 Å². The van der Waals surface area contributed by atoms with Crippen LogP contribution in [0.5, 0.6) is 0 Å². The van der Waals surface area contributed by atoms with E-state index in [1.807, 2.05) is 0 Å². The Morgan fingerprint density at radius 2 is 0.625 bits per heavy atom. The molecule has 0 heteroatoms. The van der Waals surface area contributed by atoms with E-state index in [1.54, 1.807) is 0 Å². The molecule has 48 heavy (non-hydrogen) atoms. The molecule has 0 bridgehead atoms. The van der Waals surface area contributed by atoms with Gasteiger partial charge in [-0.05, 0) is 128 Å². The zero-order chi connectivity index (χ0) is 31.6. The Morgan fingerprint density at radius 3 is 1.27 bits per heavy atom. The Labute approximate surface area is 279 Å². The lowest BCUT2D eigenvalue weighted by molar-refractivity contribution is 1.64. The van der Waals surface area contributed by atoms with E-state index in [0.29, 0.717) is 0 Å². The highest BCUT2D eigenvalue weighted by molar-refractivity contribution is 6.26. The van der Waals surface area contributed by atoms with Crippen LogP contribution in [0.25, 0.3) is 98.0 Å². The van der Waals surface area contributed by atoms with Crippen molar-refractivity contribution in [3.63, 3.8) is 0 Å². The molecule has 0 saturated carbocycles. The lowest BCUT2D eigenvalue weighted by Crippen LogP contribution is -1.90. The molecule has 0 aliphatic heterocycles. The molecule has 10 aromatic carbocycles. The number of benzene rings is 10. The largest absolute Gasteiger partial charge is 0.0622 e. The van der Waals surface area contributed by atoms with E-state index >= 15 is 0 Å². The van der Waals surface area contributed by atoms with Crippen LogP contribution in [-0.2, 0) is 0 Å². The van der Waals surface area contributed by atoms with Gasteiger partial charge in [-0.3, -0.25) is 0 Å². The molecule has 0 atom stereocenters. The van der Waals surface area contributed by atoms with Gasteiger partial charge < -0.3 is 0 Å². The second-order valence-electron chi connectivity index (χ2n) is 12.9. The van der Waals surface area contributed by atoms with Crippen molar-refractivity contribution in [1.29, 1.82) is 0 Å². The summed E-state index contributed by atoms with van der Waals surface area (Å²) >= 11 is 0. The van der Waals surface area contributed by atoms with E-state index < -0.39 is 0 Å². The standard InChI is InChI=1S/C48H30/c1-2-12-31(13-3-1)32-22-23-34-27-36(25-24-33(34)26-32)44-29-46-42-20-10-11-21-43(42)47(30-48(46)41-19-9-7-17-39(41)44)45-28-35-14-4-5-15-37(35)38-16-6-8-18-40(38)45/h1-30H. The molecule has 0 fully saturated rings. The second-order valence-corrected chi connectivity index (χ2v) is 12.9. The molecule has 0 aromatic heterocycles. The van der Waals surface area contributed by atoms with Crippen molar-refractivity contribution in [2.45, 2.75) is 0 Å². The first-order valence-corrected chi connectivity index (χ1v) is 16.7. The van der Waals surface area contributed by atoms with Crippen LogP contribution in [0.4, 0.5) is 0 Å². The number of fused-ring (bicyclic) bond motifs is 9. The smallest absolute Gasteiger partial charge is 0.00923 e. The lowest BCUT2D eigenvalue weighted by atomic mass is 9.85. The number of hydrogen-bond donors (Lipinski definition) is 0. The van der Waals surface area contributed by atoms with Crippen LogP contribution in [0.1, 0.15) is 0 Å². The van der Waals surface area contributed by atoms with Crippen molar-refractivity contribution in [3.8, 4) is 33.4 Å². The van der Waals surface area contributed by atoms with Gasteiger partial charge in [-0.25, -0.2) is 0 Å². The molecule has 0 saturated heterocycles. The quantitative estimate of drug-likeness (QED) is 0.176. The van der Waals surface area contributed by atoms with Crippen molar-refractivity contribution < 1.29 is 0 Å². The summed E-state index contributed by atoms with van der Waals surface area (Å²) in [5.41, 5.74) is 7.54. The monoisotopic (exact) mass is 606 g/mol. The summed E-state index contributed by atoms with van der Waals surface area (Å²) in [4.78, 5) is 0. The average molecular weight is 607 g/mol. The Kier molecular flexibility index (Phi) is 5.98. The summed E-state index contributed by atoms with van der Waals surface area (Å²) in [6, 6.07) is 67.1. The maximum absolute atomic E-state index is 2.45. The van der Waals surface area contributed by atoms with Crippen LogP contribution < -0.4 is 0 Å². The number of hydrogen-bond acceptors (Lipinski definition) is 0. The van der Waals surface area contributed by atoms with Gasteiger partial charge in [-0.2, -0.15) is 0 Å². The molecule has 0 nitrogen and oxygen atoms in total. The zero-order valence-electron chi connectivity index (χ0n) is 26.3. The third-order valence-corrected chi connectivity index (χ3v) is 10.2. The fraction of sp³-hybridized carbons (Fsp3) is 0. The highest BCUT2D eigenvalue weighted by Crippen LogP contribution is 2.44. The molecular weight excluding hydrogens is 577 g/mol. The zero-order valence-corrected chi connectivity index (χ0v) is 26.3. The van der Waals surface area contributed by atoms with Crippen molar-refractivity contribution in [3.05, 3.63) is 182 Å². The van der Waals surface area contributed by atoms with E-state index in [1.165, 1.54) is 98.0 Å². The lowest BCUT2D eigenvalue weighted by Gasteiger charge is -2.18. The molecule has 0 aliphatic rings. The Hall–Kier alpha value is -6.24. The van der Waals surface area contributed by atoms with Crippen molar-refractivity contribution in [2.75, 3.05) is 0 Å². The first kappa shape index (κ1) is 26.9. The van der Waals surface area contributed by atoms with Gasteiger partial charge in [0.05, 0.1) is 0 Å². The summed E-state index contributed by atoms with van der Waals surface area (Å²) in [5.74, 6) is 0. The first-order valence-electron chi connectivity index (χ1n) is 16.7. The van der Waals surface area contributed by atoms with Crippen LogP contribution in [0.15, 0.2) is 182 Å². The van der Waals surface area contributed by atoms with Crippen LogP contribution in [-0.4, -0.2) is 0 Å². The predicted molar refractivity (Wildman–Crippen MR) is 208 cm³/mol. The average Bonchev–Trinajstić information content (AvgIpc) is 3.17. The third-order valence-electron chi connectivity index (χ3n) is 10.2. The third kappa shape index (κ3) is 4.16. The minimum atomic E-state index is 1.24. The summed E-state index contributed by atoms with van der Waals surface area (Å²) in [5, 5.41) is 15.3. The first-order chi connectivity index (χ1) is 23.8. The van der Waals surface area contributed by atoms with Crippen molar-refractivity contribution in [1.82, 2.24) is 0 Å². The molecule has 0 N–H and O–H groups in total. The topological polar surface area (TPSA) is 0 Å². The summed E-state index contributed by atoms with van der Waals surface area (Å²) in [6.45, 7) is 0. The van der Waals surface area contributed by atoms with Gasteiger partial charge in [0.1, 0.15) is 0 Å². The van der Waals surface area contributed by atoms with Gasteiger partial charge in [-0.15, -0.1) is 0 Å². The SMILES string of the molecule is c1ccc(-c2ccc3cc(-c4cc5c6ccccc6c(-c6cc7ccccc7c7ccccc67)cc5c5ccccc45)ccc3c2)cc1. The molecule has 10 aromatic rings. The highest BCUT2D eigenvalue weighted by Gasteiger charge is 2.17. The molecule has 0 radical (unpaired) electrons. The van der Waals surface area contributed by atoms with Gasteiger partial charge >= 0.3 is 0 Å². The molecule has 0 unspecified atom stereocenters. The fourth-order valence-corrected chi connectivity index (χ4v) is 7.91. The van der Waals surface area contributed by atoms with Crippen LogP contribution in [0.2, 0.25) is 0 Å². The minimum Gasteiger partial charge on any atom is -0.0622 e. The molecule has 0 amide bonds. The van der Waals surface area contributed by atoms with Crippen LogP contribution >= 0.6 is 0 Å². The summed E-state index contributed by atoms with van der Waals surface area (Å²) in [6.07, 6.45) is 0. The maximum Gasteiger partial charge on any atom is -0.00923 e. The van der Waals surface area contributed by atoms with Gasteiger partial charge in [0, 0.05) is 0 Å². The van der Waals surface area contributed by atoms with E-state index in [2.05, 4.69) is 182 Å². The van der Waals surface area contributed by atoms with E-state index in [-0.39, 0.29) is 0 Å². The molecule has 0 spiro atoms. The van der Waals surface area contributed by atoms with Crippen molar-refractivity contribution in [2.24, 2.45) is 0 Å². The van der Waals surface area contributed by atoms with Crippen LogP contribution in [0.3, 0.4) is 0 Å². The molecule has 222 valence electrons. The highest BCUT2D eigenvalue weighted by atomic mass is 14.2. The van der Waals surface area contributed by atoms with Crippen LogP contribution in [0, 0.1) is 0 Å². The van der Waals surface area contributed by atoms with E-state index in [4.69, 9.17) is 0 Å². The maximum atomic E-state index is 2.45. The Balaban J connectivity index is 1.23. The minimum absolute atomic E-state index is 1.24. The summed E-state index contributed by atoms with van der Waals surface area (Å²) < 4.78 is 0. The predicted octanol–water partition coefficient (Wildman–Crippen LogP) is 13.6. The van der Waals surface area contributed by atoms with E-state index in [9.17, 15) is 0 Å². The fourth-order valence-electron chi connectivity index (χ4n) is 7.91. The van der Waals surface area contributed by atoms with Gasteiger partial charge in [0.15, 0.2) is 0 Å². The van der Waals surface area contributed by atoms with Gasteiger partial charge in [0.2, 0.25) is 0 Å². The number of rotatable bonds is 3. The van der Waals surface area contributed by atoms with Crippen molar-refractivity contribution >= 4 is 64.6 Å². The molecule has 0 aliphatic carbocycles. The molecule has 10 rings (SSSR count). The van der Waals surface area contributed by atoms with Gasteiger partial charge in [-0.1, -0.05) is 152 Å². The molecule has 0 heterocycles. The normalized spacial score (nSPS) is 11.8. The molecular formula is C48H30. The Morgan fingerprint density at radius 1 is 0.188 bits per heavy atom. The Bertz CT molecular complexity index is 2880.